The van der Waals surface area contributed by atoms with Gasteiger partial charge < -0.3 is 9.47 Å². The maximum Gasteiger partial charge on any atom is 0.337 e. The third-order valence-corrected chi connectivity index (χ3v) is 5.67. The largest absolute Gasteiger partial charge is 0.464 e. The van der Waals surface area contributed by atoms with Crippen molar-refractivity contribution >= 4 is 40.8 Å². The number of ether oxygens (including phenoxy) is 2. The van der Waals surface area contributed by atoms with Gasteiger partial charge in [-0.3, -0.25) is 5.10 Å². The molecule has 3 aromatic rings. The summed E-state index contributed by atoms with van der Waals surface area (Å²) >= 11 is 18.6. The zero-order valence-electron chi connectivity index (χ0n) is 17.6. The van der Waals surface area contributed by atoms with Crippen molar-refractivity contribution in [3.63, 3.8) is 0 Å². The highest BCUT2D eigenvalue weighted by Gasteiger charge is 2.37. The number of aromatic nitrogens is 2. The highest BCUT2D eigenvalue weighted by molar-refractivity contribution is 6.35. The van der Waals surface area contributed by atoms with Crippen molar-refractivity contribution in [2.24, 2.45) is 0 Å². The third kappa shape index (κ3) is 5.24. The first-order valence-corrected chi connectivity index (χ1v) is 10.9. The first-order chi connectivity index (χ1) is 14.6. The maximum atomic E-state index is 12.5. The number of halogens is 3. The molecule has 0 aliphatic heterocycles. The number of rotatable bonds is 7. The standard InChI is InChI=1S/C23H23Cl3N2O3/c1-5-30-22(29)23(3,4)31-21(17-11-10-16(25)12-18(17)26)20-13(2)19(27-28-20)14-6-8-15(24)9-7-14/h6-12,21H,5H2,1-4H3,(H,27,28). The van der Waals surface area contributed by atoms with Crippen molar-refractivity contribution in [2.45, 2.75) is 39.4 Å². The van der Waals surface area contributed by atoms with Crippen LogP contribution in [0.15, 0.2) is 42.5 Å². The van der Waals surface area contributed by atoms with Crippen LogP contribution >= 0.6 is 34.8 Å². The molecule has 8 heteroatoms. The fourth-order valence-corrected chi connectivity index (χ4v) is 3.83. The van der Waals surface area contributed by atoms with E-state index in [2.05, 4.69) is 10.2 Å². The molecule has 0 fully saturated rings. The molecule has 1 atom stereocenters. The average molecular weight is 482 g/mol. The van der Waals surface area contributed by atoms with E-state index in [-0.39, 0.29) is 6.61 Å². The van der Waals surface area contributed by atoms with Crippen molar-refractivity contribution < 1.29 is 14.3 Å². The van der Waals surface area contributed by atoms with Crippen LogP contribution in [0, 0.1) is 6.92 Å². The predicted molar refractivity (Wildman–Crippen MR) is 124 cm³/mol. The van der Waals surface area contributed by atoms with Crippen molar-refractivity contribution in [1.29, 1.82) is 0 Å². The maximum absolute atomic E-state index is 12.5. The van der Waals surface area contributed by atoms with E-state index in [4.69, 9.17) is 44.3 Å². The Kier molecular flexibility index (Phi) is 7.32. The number of nitrogens with one attached hydrogen (secondary N) is 1. The Balaban J connectivity index is 2.08. The summed E-state index contributed by atoms with van der Waals surface area (Å²) in [6.45, 7) is 7.24. The van der Waals surface area contributed by atoms with Crippen molar-refractivity contribution in [3.05, 3.63) is 74.4 Å². The van der Waals surface area contributed by atoms with Crippen molar-refractivity contribution in [3.8, 4) is 11.3 Å². The number of hydrogen-bond acceptors (Lipinski definition) is 4. The van der Waals surface area contributed by atoms with E-state index in [0.717, 1.165) is 16.8 Å². The van der Waals surface area contributed by atoms with Gasteiger partial charge >= 0.3 is 5.97 Å². The van der Waals surface area contributed by atoms with Gasteiger partial charge in [0.05, 0.1) is 18.0 Å². The molecule has 0 bridgehead atoms. The molecular weight excluding hydrogens is 459 g/mol. The number of nitrogens with zero attached hydrogens (tertiary/aromatic N) is 1. The topological polar surface area (TPSA) is 64.2 Å². The second-order valence-corrected chi connectivity index (χ2v) is 8.79. The van der Waals surface area contributed by atoms with Crippen LogP contribution in [0.2, 0.25) is 15.1 Å². The number of H-pyrrole nitrogens is 1. The molecule has 0 aliphatic rings. The van der Waals surface area contributed by atoms with Crippen LogP contribution in [-0.4, -0.2) is 28.4 Å². The molecule has 1 heterocycles. The molecule has 0 saturated carbocycles. The van der Waals surface area contributed by atoms with E-state index in [9.17, 15) is 4.79 Å². The fourth-order valence-electron chi connectivity index (χ4n) is 3.19. The van der Waals surface area contributed by atoms with Crippen molar-refractivity contribution in [2.75, 3.05) is 6.61 Å². The van der Waals surface area contributed by atoms with E-state index in [1.807, 2.05) is 31.2 Å². The van der Waals surface area contributed by atoms with E-state index in [1.165, 1.54) is 0 Å². The molecule has 0 aliphatic carbocycles. The van der Waals surface area contributed by atoms with Crippen LogP contribution in [0.1, 0.15) is 43.7 Å². The Labute approximate surface area is 196 Å². The summed E-state index contributed by atoms with van der Waals surface area (Å²) in [7, 11) is 0. The van der Waals surface area contributed by atoms with Gasteiger partial charge in [-0.2, -0.15) is 5.10 Å². The van der Waals surface area contributed by atoms with E-state index < -0.39 is 17.7 Å². The highest BCUT2D eigenvalue weighted by Crippen LogP contribution is 2.38. The molecule has 164 valence electrons. The molecule has 1 N–H and O–H groups in total. The Morgan fingerprint density at radius 3 is 2.35 bits per heavy atom. The molecule has 31 heavy (non-hydrogen) atoms. The lowest BCUT2D eigenvalue weighted by molar-refractivity contribution is -0.172. The van der Waals surface area contributed by atoms with Gasteiger partial charge in [0.25, 0.3) is 0 Å². The number of carbonyl (C=O) groups is 1. The molecule has 0 radical (unpaired) electrons. The van der Waals surface area contributed by atoms with Crippen LogP contribution in [0.4, 0.5) is 0 Å². The van der Waals surface area contributed by atoms with Crippen molar-refractivity contribution in [1.82, 2.24) is 10.2 Å². The predicted octanol–water partition coefficient (Wildman–Crippen LogP) is 6.79. The SMILES string of the molecule is CCOC(=O)C(C)(C)OC(c1ccc(Cl)cc1Cl)c1n[nH]c(-c2ccc(Cl)cc2)c1C. The molecule has 0 saturated heterocycles. The van der Waals surface area contributed by atoms with Crippen LogP contribution in [0.5, 0.6) is 0 Å². The molecular formula is C23H23Cl3N2O3. The van der Waals surface area contributed by atoms with Gasteiger partial charge in [0.2, 0.25) is 0 Å². The summed E-state index contributed by atoms with van der Waals surface area (Å²) in [6, 6.07) is 12.6. The minimum Gasteiger partial charge on any atom is -0.464 e. The third-order valence-electron chi connectivity index (χ3n) is 4.85. The summed E-state index contributed by atoms with van der Waals surface area (Å²) in [5, 5.41) is 9.14. The van der Waals surface area contributed by atoms with Gasteiger partial charge in [0, 0.05) is 26.2 Å². The zero-order valence-corrected chi connectivity index (χ0v) is 19.9. The van der Waals surface area contributed by atoms with Gasteiger partial charge in [-0.25, -0.2) is 4.79 Å². The van der Waals surface area contributed by atoms with E-state index >= 15 is 0 Å². The lowest BCUT2D eigenvalue weighted by Gasteiger charge is -2.29. The van der Waals surface area contributed by atoms with Gasteiger partial charge in [-0.15, -0.1) is 0 Å². The number of carbonyl (C=O) groups excluding carboxylic acids is 1. The molecule has 1 aromatic heterocycles. The molecule has 2 aromatic carbocycles. The quantitative estimate of drug-likeness (QED) is 0.377. The summed E-state index contributed by atoms with van der Waals surface area (Å²) < 4.78 is 11.5. The number of benzene rings is 2. The van der Waals surface area contributed by atoms with E-state index in [0.29, 0.717) is 26.3 Å². The Bertz CT molecular complexity index is 1080. The Morgan fingerprint density at radius 1 is 1.10 bits per heavy atom. The normalized spacial score (nSPS) is 12.6. The summed E-state index contributed by atoms with van der Waals surface area (Å²) in [4.78, 5) is 12.5. The first-order valence-electron chi connectivity index (χ1n) is 9.74. The lowest BCUT2D eigenvalue weighted by Crippen LogP contribution is -2.38. The second-order valence-electron chi connectivity index (χ2n) is 7.51. The Morgan fingerprint density at radius 2 is 1.74 bits per heavy atom. The lowest BCUT2D eigenvalue weighted by atomic mass is 9.99. The fraction of sp³-hybridized carbons (Fsp3) is 0.304. The highest BCUT2D eigenvalue weighted by atomic mass is 35.5. The molecule has 3 rings (SSSR count). The zero-order chi connectivity index (χ0) is 22.8. The average Bonchev–Trinajstić information content (AvgIpc) is 3.08. The first kappa shape index (κ1) is 23.6. The van der Waals surface area contributed by atoms with E-state index in [1.54, 1.807) is 39.0 Å². The summed E-state index contributed by atoms with van der Waals surface area (Å²) in [5.41, 5.74) is 2.60. The molecule has 0 amide bonds. The number of esters is 1. The molecule has 1 unspecified atom stereocenters. The summed E-state index contributed by atoms with van der Waals surface area (Å²) in [5.74, 6) is -0.476. The van der Waals surface area contributed by atoms with Gasteiger partial charge in [0.1, 0.15) is 6.10 Å². The van der Waals surface area contributed by atoms with Crippen LogP contribution < -0.4 is 0 Å². The monoisotopic (exact) mass is 480 g/mol. The minimum atomic E-state index is -1.24. The summed E-state index contributed by atoms with van der Waals surface area (Å²) in [6.07, 6.45) is -0.735. The number of aromatic amines is 1. The van der Waals surface area contributed by atoms with Gasteiger partial charge in [0.15, 0.2) is 5.60 Å². The smallest absolute Gasteiger partial charge is 0.337 e. The second kappa shape index (κ2) is 9.61. The minimum absolute atomic E-state index is 0.250. The molecule has 0 spiro atoms. The number of hydrogen-bond donors (Lipinski definition) is 1. The van der Waals surface area contributed by atoms with Gasteiger partial charge in [-0.1, -0.05) is 53.0 Å². The van der Waals surface area contributed by atoms with Crippen LogP contribution in [0.25, 0.3) is 11.3 Å². The van der Waals surface area contributed by atoms with Crippen LogP contribution in [0.3, 0.4) is 0 Å². The molecule has 5 nitrogen and oxygen atoms in total. The Hall–Kier alpha value is -2.05. The van der Waals surface area contributed by atoms with Crippen LogP contribution in [-0.2, 0) is 14.3 Å². The van der Waals surface area contributed by atoms with Gasteiger partial charge in [-0.05, 0) is 57.5 Å².